The number of H-pyrrole nitrogens is 2. The van der Waals surface area contributed by atoms with E-state index >= 15 is 0 Å². The first-order valence-corrected chi connectivity index (χ1v) is 8.95. The molecule has 25 heavy (non-hydrogen) atoms. The normalized spacial score (nSPS) is 12.3. The van der Waals surface area contributed by atoms with E-state index in [0.29, 0.717) is 33.4 Å². The molecule has 1 aromatic carbocycles. The summed E-state index contributed by atoms with van der Waals surface area (Å²) in [5, 5.41) is 0.350. The monoisotopic (exact) mass is 361 g/mol. The Morgan fingerprint density at radius 2 is 1.88 bits per heavy atom. The molecular weight excluding hydrogens is 342 g/mol. The third kappa shape index (κ3) is 3.17. The van der Waals surface area contributed by atoms with E-state index in [2.05, 4.69) is 15.0 Å². The molecule has 1 atom stereocenters. The molecule has 0 bridgehead atoms. The summed E-state index contributed by atoms with van der Waals surface area (Å²) in [7, 11) is 1.66. The minimum absolute atomic E-state index is 0.134. The van der Waals surface area contributed by atoms with E-state index in [4.69, 9.17) is 9.47 Å². The molecule has 3 aromatic rings. The van der Waals surface area contributed by atoms with Crippen LogP contribution in [0.4, 0.5) is 0 Å². The van der Waals surface area contributed by atoms with Crippen LogP contribution in [0.3, 0.4) is 0 Å². The maximum absolute atomic E-state index is 12.7. The molecule has 132 valence electrons. The molecule has 0 aliphatic heterocycles. The zero-order valence-electron chi connectivity index (χ0n) is 14.4. The van der Waals surface area contributed by atoms with Crippen LogP contribution in [0.5, 0.6) is 11.5 Å². The van der Waals surface area contributed by atoms with Gasteiger partial charge in [0, 0.05) is 17.3 Å². The number of aromatic amines is 2. The number of rotatable bonds is 5. The second-order valence-electron chi connectivity index (χ2n) is 5.63. The molecule has 3 rings (SSSR count). The largest absolute Gasteiger partial charge is 0.497 e. The Kier molecular flexibility index (Phi) is 4.63. The Labute approximate surface area is 146 Å². The summed E-state index contributed by atoms with van der Waals surface area (Å²) < 4.78 is 23.2. The number of nitrogens with zero attached hydrogens (tertiary/aromatic N) is 1. The number of hydrogen-bond donors (Lipinski definition) is 2. The van der Waals surface area contributed by atoms with Crippen molar-refractivity contribution in [2.45, 2.75) is 24.8 Å². The highest BCUT2D eigenvalue weighted by Crippen LogP contribution is 2.24. The van der Waals surface area contributed by atoms with Crippen molar-refractivity contribution in [3.63, 3.8) is 0 Å². The number of pyridine rings is 1. The first-order valence-electron chi connectivity index (χ1n) is 7.63. The van der Waals surface area contributed by atoms with Gasteiger partial charge in [-0.15, -0.1) is 0 Å². The van der Waals surface area contributed by atoms with E-state index in [0.717, 1.165) is 11.1 Å². The number of ether oxygens (including phenoxy) is 2. The summed E-state index contributed by atoms with van der Waals surface area (Å²) in [5.41, 5.74) is 3.05. The molecule has 0 radical (unpaired) electrons. The Hall–Kier alpha value is -2.61. The topological polar surface area (TPSA) is 97.1 Å². The first-order chi connectivity index (χ1) is 11.9. The summed E-state index contributed by atoms with van der Waals surface area (Å²) in [4.78, 5) is 22.2. The fourth-order valence-corrected chi connectivity index (χ4v) is 3.81. The highest BCUT2D eigenvalue weighted by Gasteiger charge is 2.17. The van der Waals surface area contributed by atoms with Crippen molar-refractivity contribution in [1.82, 2.24) is 15.0 Å². The SMILES string of the molecule is COc1ccc2nc(S(=O)Cc3[nH]c(=O)c(C)c(OC)c3C)[nH]c2c1. The van der Waals surface area contributed by atoms with Gasteiger partial charge in [0.1, 0.15) is 11.5 Å². The lowest BCUT2D eigenvalue weighted by Gasteiger charge is -2.11. The van der Waals surface area contributed by atoms with Gasteiger partial charge in [-0.2, -0.15) is 0 Å². The van der Waals surface area contributed by atoms with Crippen LogP contribution in [0.1, 0.15) is 16.8 Å². The number of fused-ring (bicyclic) bond motifs is 1. The first kappa shape index (κ1) is 17.2. The van der Waals surface area contributed by atoms with E-state index in [1.807, 2.05) is 6.92 Å². The highest BCUT2D eigenvalue weighted by atomic mass is 32.2. The molecule has 2 N–H and O–H groups in total. The van der Waals surface area contributed by atoms with E-state index in [9.17, 15) is 9.00 Å². The minimum Gasteiger partial charge on any atom is -0.497 e. The van der Waals surface area contributed by atoms with Crippen LogP contribution in [0.2, 0.25) is 0 Å². The van der Waals surface area contributed by atoms with Gasteiger partial charge in [-0.3, -0.25) is 9.00 Å². The van der Waals surface area contributed by atoms with E-state index < -0.39 is 10.8 Å². The van der Waals surface area contributed by atoms with Crippen LogP contribution < -0.4 is 15.0 Å². The van der Waals surface area contributed by atoms with Gasteiger partial charge in [-0.1, -0.05) is 0 Å². The Morgan fingerprint density at radius 3 is 2.56 bits per heavy atom. The zero-order chi connectivity index (χ0) is 18.1. The second kappa shape index (κ2) is 6.72. The molecule has 0 fully saturated rings. The molecule has 0 saturated heterocycles. The molecule has 0 spiro atoms. The summed E-state index contributed by atoms with van der Waals surface area (Å²) in [6, 6.07) is 5.39. The van der Waals surface area contributed by atoms with Gasteiger partial charge in [0.05, 0.1) is 47.4 Å². The standard InChI is InChI=1S/C17H19N3O4S/c1-9-14(18-16(21)10(2)15(9)24-4)8-25(22)17-19-12-6-5-11(23-3)7-13(12)20-17/h5-7H,8H2,1-4H3,(H,18,21)(H,19,20). The molecule has 2 heterocycles. The Morgan fingerprint density at radius 1 is 1.12 bits per heavy atom. The molecule has 0 aliphatic rings. The average molecular weight is 361 g/mol. The van der Waals surface area contributed by atoms with Crippen LogP contribution in [0.25, 0.3) is 11.0 Å². The van der Waals surface area contributed by atoms with Crippen molar-refractivity contribution >= 4 is 21.8 Å². The molecule has 0 aliphatic carbocycles. The summed E-state index contributed by atoms with van der Waals surface area (Å²) in [5.74, 6) is 1.34. The van der Waals surface area contributed by atoms with Gasteiger partial charge in [0.25, 0.3) is 5.56 Å². The van der Waals surface area contributed by atoms with Crippen molar-refractivity contribution < 1.29 is 13.7 Å². The molecule has 8 heteroatoms. The maximum Gasteiger partial charge on any atom is 0.254 e. The Bertz CT molecular complexity index is 1020. The maximum atomic E-state index is 12.7. The zero-order valence-corrected chi connectivity index (χ0v) is 15.2. The fraction of sp³-hybridized carbons (Fsp3) is 0.294. The van der Waals surface area contributed by atoms with Crippen LogP contribution in [-0.4, -0.2) is 33.4 Å². The molecule has 2 aromatic heterocycles. The number of benzene rings is 1. The molecule has 7 nitrogen and oxygen atoms in total. The van der Waals surface area contributed by atoms with Gasteiger partial charge in [0.2, 0.25) is 0 Å². The van der Waals surface area contributed by atoms with Crippen LogP contribution in [0.15, 0.2) is 28.2 Å². The van der Waals surface area contributed by atoms with E-state index in [1.165, 1.54) is 7.11 Å². The van der Waals surface area contributed by atoms with E-state index in [1.54, 1.807) is 32.2 Å². The van der Waals surface area contributed by atoms with Gasteiger partial charge >= 0.3 is 0 Å². The average Bonchev–Trinajstić information content (AvgIpc) is 3.03. The lowest BCUT2D eigenvalue weighted by molar-refractivity contribution is 0.406. The van der Waals surface area contributed by atoms with Crippen LogP contribution >= 0.6 is 0 Å². The van der Waals surface area contributed by atoms with Crippen LogP contribution in [-0.2, 0) is 16.6 Å². The molecule has 1 unspecified atom stereocenters. The van der Waals surface area contributed by atoms with Crippen LogP contribution in [0, 0.1) is 13.8 Å². The lowest BCUT2D eigenvalue weighted by atomic mass is 10.1. The Balaban J connectivity index is 1.95. The number of imidazole rings is 1. The quantitative estimate of drug-likeness (QED) is 0.726. The minimum atomic E-state index is -1.44. The molecular formula is C17H19N3O4S. The predicted octanol–water partition coefficient (Wildman–Crippen LogP) is 2.19. The summed E-state index contributed by atoms with van der Waals surface area (Å²) in [6.07, 6.45) is 0. The van der Waals surface area contributed by atoms with Gasteiger partial charge < -0.3 is 19.4 Å². The summed E-state index contributed by atoms with van der Waals surface area (Å²) in [6.45, 7) is 3.52. The molecule has 0 amide bonds. The van der Waals surface area contributed by atoms with E-state index in [-0.39, 0.29) is 11.3 Å². The van der Waals surface area contributed by atoms with Crippen molar-refractivity contribution in [2.24, 2.45) is 0 Å². The second-order valence-corrected chi connectivity index (χ2v) is 7.00. The van der Waals surface area contributed by atoms with Gasteiger partial charge in [-0.25, -0.2) is 4.98 Å². The predicted molar refractivity (Wildman–Crippen MR) is 95.8 cm³/mol. The highest BCUT2D eigenvalue weighted by molar-refractivity contribution is 7.84. The third-order valence-electron chi connectivity index (χ3n) is 4.10. The van der Waals surface area contributed by atoms with Gasteiger partial charge in [-0.05, 0) is 26.0 Å². The third-order valence-corrected chi connectivity index (χ3v) is 5.28. The van der Waals surface area contributed by atoms with Crippen molar-refractivity contribution in [3.05, 3.63) is 45.4 Å². The molecule has 0 saturated carbocycles. The number of methoxy groups -OCH3 is 2. The summed E-state index contributed by atoms with van der Waals surface area (Å²) >= 11 is 0. The number of hydrogen-bond acceptors (Lipinski definition) is 5. The number of nitrogens with one attached hydrogen (secondary N) is 2. The fourth-order valence-electron chi connectivity index (χ4n) is 2.70. The van der Waals surface area contributed by atoms with Gasteiger partial charge in [0.15, 0.2) is 5.16 Å². The van der Waals surface area contributed by atoms with Crippen molar-refractivity contribution in [1.29, 1.82) is 0 Å². The smallest absolute Gasteiger partial charge is 0.254 e. The van der Waals surface area contributed by atoms with Crippen molar-refractivity contribution in [3.8, 4) is 11.5 Å². The van der Waals surface area contributed by atoms with Crippen molar-refractivity contribution in [2.75, 3.05) is 14.2 Å². The number of aromatic nitrogens is 3. The lowest BCUT2D eigenvalue weighted by Crippen LogP contribution is -2.17.